The van der Waals surface area contributed by atoms with E-state index in [1.165, 1.54) is 41.8 Å². The maximum Gasteiger partial charge on any atom is 0.573 e. The number of hydrogen-bond donors (Lipinski definition) is 6. The quantitative estimate of drug-likeness (QED) is 0.0195. The average Bonchev–Trinajstić information content (AvgIpc) is 1.97. The van der Waals surface area contributed by atoms with Crippen LogP contribution in [0.1, 0.15) is 56.0 Å². The Morgan fingerprint density at radius 2 is 1.37 bits per heavy atom. The van der Waals surface area contributed by atoms with Gasteiger partial charge in [-0.1, -0.05) is 65.4 Å². The molecule has 0 aliphatic carbocycles. The van der Waals surface area contributed by atoms with Crippen molar-refractivity contribution in [3.63, 3.8) is 0 Å². The number of thiazole rings is 1. The molecule has 1 atom stereocenters. The number of aliphatic imine (C=N–C) groups is 1. The average molecular weight is 1290 g/mol. The second-order valence-corrected chi connectivity index (χ2v) is 21.2. The third kappa shape index (κ3) is 26.2. The lowest BCUT2D eigenvalue weighted by molar-refractivity contribution is -0.274. The van der Waals surface area contributed by atoms with Crippen molar-refractivity contribution >= 4 is 74.3 Å². The molecule has 1 aliphatic heterocycles. The van der Waals surface area contributed by atoms with Gasteiger partial charge in [0, 0.05) is 55.6 Å². The number of amidine groups is 1. The predicted molar refractivity (Wildman–Crippen MR) is 337 cm³/mol. The van der Waals surface area contributed by atoms with Crippen molar-refractivity contribution in [2.24, 2.45) is 10.9 Å². The molecule has 0 fully saturated rings. The second-order valence-electron chi connectivity index (χ2n) is 19.7. The molecule has 0 saturated heterocycles. The summed E-state index contributed by atoms with van der Waals surface area (Å²) in [4.78, 5) is 44.1. The Morgan fingerprint density at radius 1 is 0.711 bits per heavy atom. The van der Waals surface area contributed by atoms with Gasteiger partial charge in [0.05, 0.1) is 135 Å². The number of anilines is 5. The van der Waals surface area contributed by atoms with E-state index >= 15 is 0 Å². The van der Waals surface area contributed by atoms with E-state index in [0.29, 0.717) is 194 Å². The summed E-state index contributed by atoms with van der Waals surface area (Å²) >= 11 is 7.48. The molecule has 0 bridgehead atoms. The van der Waals surface area contributed by atoms with Crippen LogP contribution >= 0.6 is 22.9 Å². The highest BCUT2D eigenvalue weighted by Crippen LogP contribution is 2.32. The van der Waals surface area contributed by atoms with Crippen LogP contribution < -0.4 is 36.6 Å². The van der Waals surface area contributed by atoms with E-state index in [2.05, 4.69) is 66.9 Å². The predicted octanol–water partition coefficient (Wildman–Crippen LogP) is 8.90. The summed E-state index contributed by atoms with van der Waals surface area (Å²) in [7, 11) is 0. The van der Waals surface area contributed by atoms with Gasteiger partial charge in [0.15, 0.2) is 5.13 Å². The van der Waals surface area contributed by atoms with Gasteiger partial charge in [-0.2, -0.15) is 0 Å². The topological polar surface area (TPSA) is 271 Å². The number of carbonyl (C=O) groups is 2. The molecule has 4 heterocycles. The summed E-state index contributed by atoms with van der Waals surface area (Å²) in [6.45, 7) is 15.2. The smallest absolute Gasteiger partial charge is 0.406 e. The first-order valence-electron chi connectivity index (χ1n) is 29.4. The molecule has 486 valence electrons. The molecular formula is C61H77ClF3N13O11S. The van der Waals surface area contributed by atoms with Gasteiger partial charge in [-0.25, -0.2) is 24.6 Å². The third-order valence-corrected chi connectivity index (χ3v) is 14.1. The zero-order chi connectivity index (χ0) is 63.6. The summed E-state index contributed by atoms with van der Waals surface area (Å²) in [5.74, 6) is 1.39. The van der Waals surface area contributed by atoms with E-state index in [-0.39, 0.29) is 23.5 Å². The maximum atomic E-state index is 13.1. The first kappa shape index (κ1) is 70.0. The Hall–Kier alpha value is -7.48. The Bertz CT molecular complexity index is 3210. The minimum absolute atomic E-state index is 0.00813. The van der Waals surface area contributed by atoms with Crippen LogP contribution in [0.5, 0.6) is 5.75 Å². The molecule has 24 nitrogen and oxygen atoms in total. The largest absolute Gasteiger partial charge is 0.573 e. The van der Waals surface area contributed by atoms with E-state index in [9.17, 15) is 22.8 Å². The lowest BCUT2D eigenvalue weighted by atomic mass is 9.89. The van der Waals surface area contributed by atoms with Crippen LogP contribution in [-0.4, -0.2) is 179 Å². The van der Waals surface area contributed by atoms with Crippen LogP contribution in [0.25, 0.3) is 5.57 Å². The number of aryl methyl sites for hydroxylation is 2. The molecule has 3 aromatic carbocycles. The monoisotopic (exact) mass is 1290 g/mol. The lowest BCUT2D eigenvalue weighted by Gasteiger charge is -2.16. The van der Waals surface area contributed by atoms with Gasteiger partial charge in [-0.05, 0) is 85.5 Å². The second kappa shape index (κ2) is 38.9. The van der Waals surface area contributed by atoms with E-state index in [4.69, 9.17) is 49.5 Å². The Morgan fingerprint density at radius 3 is 2.04 bits per heavy atom. The van der Waals surface area contributed by atoms with Crippen LogP contribution in [0.15, 0.2) is 109 Å². The molecule has 0 radical (unpaired) electrons. The molecule has 2 amide bonds. The molecular weight excluding hydrogens is 1220 g/mol. The Balaban J connectivity index is 0.602. The van der Waals surface area contributed by atoms with Gasteiger partial charge in [0.25, 0.3) is 11.8 Å². The number of benzene rings is 3. The number of carbonyl (C=O) groups excluding carboxylic acids is 2. The van der Waals surface area contributed by atoms with Gasteiger partial charge in [0.2, 0.25) is 0 Å². The van der Waals surface area contributed by atoms with Crippen molar-refractivity contribution in [2.75, 3.05) is 147 Å². The summed E-state index contributed by atoms with van der Waals surface area (Å²) in [5.41, 5.74) is 4.93. The number of rotatable bonds is 42. The van der Waals surface area contributed by atoms with Crippen molar-refractivity contribution in [1.29, 1.82) is 0 Å². The maximum absolute atomic E-state index is 13.1. The lowest BCUT2D eigenvalue weighted by Crippen LogP contribution is -2.27. The fourth-order valence-electron chi connectivity index (χ4n) is 8.46. The minimum atomic E-state index is -4.78. The Labute approximate surface area is 529 Å². The molecule has 0 spiro atoms. The van der Waals surface area contributed by atoms with Crippen molar-refractivity contribution in [2.45, 2.75) is 46.7 Å². The molecule has 3 aromatic heterocycles. The standard InChI is InChI=1S/C61H77ClF3N13O11S/c1-4-45-15-16-67-54(73-48-11-13-50(14-12-48)89-61(63,64)65)38-51(45)46-8-6-9-47(37-46)58(79)69-20-23-81-25-27-83-29-31-85-33-35-87-36-34-86-32-30-84-28-26-82-24-21-78-41-49(76-77-78)42-88-22-19-66-17-18-68-55-39-56(72-44(3)71-55)74-60-70-40-53(90-60)59(80)75-57-43(2)7-5-10-52(57)62/h5-16,37-41,45,66H,4,17-36,42H2,1-3H3,(H,67,73)(H,69,79)(H,75,80)(H2,68,70,71,72,74). The van der Waals surface area contributed by atoms with Crippen molar-refractivity contribution in [3.8, 4) is 5.75 Å². The van der Waals surface area contributed by atoms with Crippen LogP contribution in [0.3, 0.4) is 0 Å². The first-order valence-corrected chi connectivity index (χ1v) is 30.6. The van der Waals surface area contributed by atoms with Crippen molar-refractivity contribution < 1.29 is 65.4 Å². The fraction of sp³-hybridized carbons (Fsp3) is 0.443. The van der Waals surface area contributed by atoms with Crippen LogP contribution in [0.4, 0.5) is 41.3 Å². The van der Waals surface area contributed by atoms with E-state index in [1.807, 2.05) is 62.5 Å². The van der Waals surface area contributed by atoms with E-state index in [0.717, 1.165) is 28.8 Å². The molecule has 6 N–H and O–H groups in total. The summed E-state index contributed by atoms with van der Waals surface area (Å²) in [5, 5.41) is 28.0. The van der Waals surface area contributed by atoms with Gasteiger partial charge >= 0.3 is 6.36 Å². The number of alkyl halides is 3. The van der Waals surface area contributed by atoms with E-state index < -0.39 is 6.36 Å². The van der Waals surface area contributed by atoms with Crippen molar-refractivity contribution in [1.82, 2.24) is 40.6 Å². The highest BCUT2D eigenvalue weighted by molar-refractivity contribution is 7.17. The number of para-hydroxylation sites is 1. The zero-order valence-electron chi connectivity index (χ0n) is 50.5. The highest BCUT2D eigenvalue weighted by atomic mass is 35.5. The number of ether oxygens (including phenoxy) is 9. The van der Waals surface area contributed by atoms with Gasteiger partial charge in [-0.3, -0.25) is 9.59 Å². The number of aromatic nitrogens is 6. The number of allylic oxidation sites excluding steroid dienone is 2. The van der Waals surface area contributed by atoms with Gasteiger partial charge in [-0.15, -0.1) is 18.3 Å². The SMILES string of the molecule is CCC1C=CN=C(Nc2ccc(OC(F)(F)F)cc2)C=C1c1cccc(C(=O)NCCOCCOCCOCCOCCOCCOCCOCCn2cc(COCCNCCNc3cc(Nc4ncc(C(=O)Nc5c(C)cccc5Cl)s4)nc(C)n3)nn2)c1. The zero-order valence-corrected chi connectivity index (χ0v) is 52.1. The van der Waals surface area contributed by atoms with Gasteiger partial charge < -0.3 is 74.5 Å². The van der Waals surface area contributed by atoms with Crippen LogP contribution in [-0.2, 0) is 51.0 Å². The third-order valence-electron chi connectivity index (χ3n) is 12.8. The van der Waals surface area contributed by atoms with Crippen molar-refractivity contribution in [3.05, 3.63) is 142 Å². The molecule has 6 aromatic rings. The molecule has 29 heteroatoms. The minimum Gasteiger partial charge on any atom is -0.406 e. The number of nitrogens with one attached hydrogen (secondary N) is 6. The summed E-state index contributed by atoms with van der Waals surface area (Å²) < 4.78 is 88.4. The Kier molecular flexibility index (Phi) is 30.3. The molecule has 90 heavy (non-hydrogen) atoms. The number of nitrogens with zero attached hydrogens (tertiary/aromatic N) is 7. The van der Waals surface area contributed by atoms with Crippen LogP contribution in [0.2, 0.25) is 5.02 Å². The first-order chi connectivity index (χ1) is 43.8. The molecule has 1 aliphatic rings. The summed E-state index contributed by atoms with van der Waals surface area (Å²) in [6.07, 6.45) is 4.88. The fourth-order valence-corrected chi connectivity index (χ4v) is 9.45. The number of halogens is 4. The summed E-state index contributed by atoms with van der Waals surface area (Å²) in [6, 6.07) is 19.9. The normalized spacial score (nSPS) is 13.2. The molecule has 1 unspecified atom stereocenters. The number of amides is 2. The van der Waals surface area contributed by atoms with Crippen LogP contribution in [0, 0.1) is 19.8 Å². The van der Waals surface area contributed by atoms with E-state index in [1.54, 1.807) is 36.0 Å². The van der Waals surface area contributed by atoms with Gasteiger partial charge in [0.1, 0.15) is 39.6 Å². The molecule has 0 saturated carbocycles. The number of hydrogen-bond acceptors (Lipinski definition) is 22. The molecule has 7 rings (SSSR count). The highest BCUT2D eigenvalue weighted by Gasteiger charge is 2.31.